The topological polar surface area (TPSA) is 141 Å². The zero-order chi connectivity index (χ0) is 26.4. The minimum Gasteiger partial charge on any atom is -0.481 e. The van der Waals surface area contributed by atoms with Gasteiger partial charge in [0, 0.05) is 6.42 Å². The highest BCUT2D eigenvalue weighted by atomic mass is 16.5. The van der Waals surface area contributed by atoms with E-state index in [9.17, 15) is 24.6 Å². The Morgan fingerprint density at radius 3 is 2.28 bits per heavy atom. The second kappa shape index (κ2) is 10.2. The van der Waals surface area contributed by atoms with Crippen LogP contribution >= 0.6 is 0 Å². The summed E-state index contributed by atoms with van der Waals surface area (Å²) in [5, 5.41) is 41.1. The van der Waals surface area contributed by atoms with E-state index in [0.717, 1.165) is 25.7 Å². The molecule has 0 radical (unpaired) electrons. The number of esters is 1. The number of ether oxygens (including phenoxy) is 1. The van der Waals surface area contributed by atoms with Crippen LogP contribution < -0.4 is 0 Å². The molecule has 4 aliphatic carbocycles. The van der Waals surface area contributed by atoms with Gasteiger partial charge in [-0.25, -0.2) is 0 Å². The van der Waals surface area contributed by atoms with E-state index in [1.807, 2.05) is 0 Å². The maximum absolute atomic E-state index is 12.1. The number of aliphatic hydroxyl groups is 2. The lowest BCUT2D eigenvalue weighted by Gasteiger charge is -2.63. The Morgan fingerprint density at radius 2 is 1.61 bits per heavy atom. The largest absolute Gasteiger partial charge is 0.481 e. The maximum atomic E-state index is 12.1. The monoisotopic (exact) mass is 508 g/mol. The predicted octanol–water partition coefficient (Wildman–Crippen LogP) is 3.86. The average Bonchev–Trinajstić information content (AvgIpc) is 3.16. The summed E-state index contributed by atoms with van der Waals surface area (Å²) in [5.41, 5.74) is -0.372. The maximum Gasteiger partial charge on any atom is 0.306 e. The van der Waals surface area contributed by atoms with Gasteiger partial charge in [0.15, 0.2) is 0 Å². The normalized spacial score (nSPS) is 44.6. The first-order chi connectivity index (χ1) is 16.9. The molecule has 8 heteroatoms. The van der Waals surface area contributed by atoms with Gasteiger partial charge < -0.3 is 25.2 Å². The van der Waals surface area contributed by atoms with Crippen LogP contribution in [-0.4, -0.2) is 56.6 Å². The van der Waals surface area contributed by atoms with Crippen LogP contribution in [-0.2, 0) is 19.1 Å². The van der Waals surface area contributed by atoms with Crippen LogP contribution in [0.2, 0.25) is 0 Å². The molecule has 0 amide bonds. The Kier molecular flexibility index (Phi) is 7.78. The van der Waals surface area contributed by atoms with E-state index in [0.29, 0.717) is 25.7 Å². The van der Waals surface area contributed by atoms with Crippen molar-refractivity contribution in [3.8, 4) is 0 Å². The standard InChI is InChI=1S/C28H44O8/c1-15(4-7-23(31)32)18-5-6-19-26-20(14-22(30)28(18,19)3)27(2)11-10-17(12-16(27)13-21(26)29)36-25(35)9-8-24(33)34/h15-22,26,29-30H,4-14H2,1-3H3,(H,31,32)(H,33,34). The zero-order valence-electron chi connectivity index (χ0n) is 21.9. The Balaban J connectivity index is 1.48. The van der Waals surface area contributed by atoms with E-state index >= 15 is 0 Å². The lowest BCUT2D eigenvalue weighted by Crippen LogP contribution is -2.62. The van der Waals surface area contributed by atoms with E-state index in [4.69, 9.17) is 14.9 Å². The quantitative estimate of drug-likeness (QED) is 0.362. The van der Waals surface area contributed by atoms with Crippen molar-refractivity contribution in [3.05, 3.63) is 0 Å². The van der Waals surface area contributed by atoms with Gasteiger partial charge in [0.05, 0.1) is 25.0 Å². The van der Waals surface area contributed by atoms with Gasteiger partial charge in [-0.1, -0.05) is 20.8 Å². The number of carboxylic acid groups (broad SMARTS) is 2. The van der Waals surface area contributed by atoms with Crippen molar-refractivity contribution >= 4 is 17.9 Å². The number of aliphatic hydroxyl groups excluding tert-OH is 2. The molecular weight excluding hydrogens is 464 g/mol. The third-order valence-corrected chi connectivity index (χ3v) is 11.2. The number of hydrogen-bond acceptors (Lipinski definition) is 6. The molecule has 0 aliphatic heterocycles. The summed E-state index contributed by atoms with van der Waals surface area (Å²) in [5.74, 6) is -1.12. The summed E-state index contributed by atoms with van der Waals surface area (Å²) in [4.78, 5) is 34.0. The van der Waals surface area contributed by atoms with Gasteiger partial charge in [0.25, 0.3) is 0 Å². The van der Waals surface area contributed by atoms with Gasteiger partial charge >= 0.3 is 17.9 Å². The van der Waals surface area contributed by atoms with Crippen LogP contribution in [0.15, 0.2) is 0 Å². The van der Waals surface area contributed by atoms with Gasteiger partial charge in [0.2, 0.25) is 0 Å². The Bertz CT molecular complexity index is 858. The summed E-state index contributed by atoms with van der Waals surface area (Å²) < 4.78 is 5.62. The third kappa shape index (κ3) is 4.80. The molecule has 0 bridgehead atoms. The SMILES string of the molecule is CC(CCC(=O)O)C1CCC2C3C(O)CC4CC(OC(=O)CCC(=O)O)CCC4(C)C3CC(O)C12C. The van der Waals surface area contributed by atoms with Crippen LogP contribution in [0.3, 0.4) is 0 Å². The minimum atomic E-state index is -1.02. The van der Waals surface area contributed by atoms with Gasteiger partial charge in [-0.15, -0.1) is 0 Å². The predicted molar refractivity (Wildman–Crippen MR) is 131 cm³/mol. The highest BCUT2D eigenvalue weighted by molar-refractivity contribution is 5.76. The van der Waals surface area contributed by atoms with Gasteiger partial charge in [-0.3, -0.25) is 14.4 Å². The smallest absolute Gasteiger partial charge is 0.306 e. The molecule has 11 unspecified atom stereocenters. The first-order valence-electron chi connectivity index (χ1n) is 13.9. The average molecular weight is 509 g/mol. The van der Waals surface area contributed by atoms with Crippen molar-refractivity contribution in [2.45, 2.75) is 110 Å². The number of fused-ring (bicyclic) bond motifs is 5. The first kappa shape index (κ1) is 27.4. The Hall–Kier alpha value is -1.67. The fraction of sp³-hybridized carbons (Fsp3) is 0.893. The highest BCUT2D eigenvalue weighted by Gasteiger charge is 2.65. The molecule has 0 aromatic heterocycles. The zero-order valence-corrected chi connectivity index (χ0v) is 21.9. The summed E-state index contributed by atoms with van der Waals surface area (Å²) >= 11 is 0. The Morgan fingerprint density at radius 1 is 0.917 bits per heavy atom. The van der Waals surface area contributed by atoms with E-state index in [1.165, 1.54) is 0 Å². The van der Waals surface area contributed by atoms with Crippen molar-refractivity contribution in [2.75, 3.05) is 0 Å². The van der Waals surface area contributed by atoms with Crippen LogP contribution in [0.1, 0.15) is 91.4 Å². The second-order valence-electron chi connectivity index (χ2n) is 12.8. The number of aliphatic carboxylic acids is 2. The molecule has 4 fully saturated rings. The van der Waals surface area contributed by atoms with Gasteiger partial charge in [0.1, 0.15) is 6.10 Å². The van der Waals surface area contributed by atoms with Crippen molar-refractivity contribution < 1.29 is 39.5 Å². The first-order valence-corrected chi connectivity index (χ1v) is 13.9. The van der Waals surface area contributed by atoms with Crippen LogP contribution in [0, 0.1) is 46.3 Å². The second-order valence-corrected chi connectivity index (χ2v) is 12.8. The number of carbonyl (C=O) groups is 3. The Labute approximate surface area is 213 Å². The van der Waals surface area contributed by atoms with Crippen LogP contribution in [0.5, 0.6) is 0 Å². The van der Waals surface area contributed by atoms with Crippen molar-refractivity contribution in [2.24, 2.45) is 46.3 Å². The van der Waals surface area contributed by atoms with Crippen molar-refractivity contribution in [3.63, 3.8) is 0 Å². The summed E-state index contributed by atoms with van der Waals surface area (Å²) in [6, 6.07) is 0. The molecule has 0 spiro atoms. The van der Waals surface area contributed by atoms with Gasteiger partial charge in [-0.2, -0.15) is 0 Å². The van der Waals surface area contributed by atoms with Crippen LogP contribution in [0.25, 0.3) is 0 Å². The van der Waals surface area contributed by atoms with Crippen molar-refractivity contribution in [1.82, 2.24) is 0 Å². The van der Waals surface area contributed by atoms with Crippen molar-refractivity contribution in [1.29, 1.82) is 0 Å². The minimum absolute atomic E-state index is 0.0524. The van der Waals surface area contributed by atoms with Crippen LogP contribution in [0.4, 0.5) is 0 Å². The van der Waals surface area contributed by atoms with E-state index in [1.54, 1.807) is 0 Å². The molecule has 0 heterocycles. The molecule has 36 heavy (non-hydrogen) atoms. The number of hydrogen-bond donors (Lipinski definition) is 4. The summed E-state index contributed by atoms with van der Waals surface area (Å²) in [6.07, 6.45) is 4.65. The van der Waals surface area contributed by atoms with E-state index in [-0.39, 0.29) is 71.7 Å². The number of carbonyl (C=O) groups excluding carboxylic acids is 1. The molecule has 204 valence electrons. The molecule has 4 saturated carbocycles. The summed E-state index contributed by atoms with van der Waals surface area (Å²) in [6.45, 7) is 6.59. The molecule has 0 saturated heterocycles. The molecule has 4 rings (SSSR count). The molecular formula is C28H44O8. The molecule has 8 nitrogen and oxygen atoms in total. The van der Waals surface area contributed by atoms with Gasteiger partial charge in [-0.05, 0) is 97.7 Å². The molecule has 0 aromatic carbocycles. The van der Waals surface area contributed by atoms with E-state index < -0.39 is 30.1 Å². The highest BCUT2D eigenvalue weighted by Crippen LogP contribution is 2.68. The van der Waals surface area contributed by atoms with E-state index in [2.05, 4.69) is 20.8 Å². The summed E-state index contributed by atoms with van der Waals surface area (Å²) in [7, 11) is 0. The fourth-order valence-electron chi connectivity index (χ4n) is 9.23. The fourth-order valence-corrected chi connectivity index (χ4v) is 9.23. The third-order valence-electron chi connectivity index (χ3n) is 11.2. The number of carboxylic acids is 2. The molecule has 11 atom stereocenters. The lowest BCUT2D eigenvalue weighted by atomic mass is 9.43. The molecule has 0 aromatic rings. The number of rotatable bonds is 8. The lowest BCUT2D eigenvalue weighted by molar-refractivity contribution is -0.209. The molecule has 4 aliphatic rings. The molecule has 4 N–H and O–H groups in total.